The van der Waals surface area contributed by atoms with Crippen molar-refractivity contribution in [1.82, 2.24) is 9.80 Å². The maximum Gasteiger partial charge on any atom is 0.130 e. The summed E-state index contributed by atoms with van der Waals surface area (Å²) in [4.78, 5) is 4.53. The van der Waals surface area contributed by atoms with E-state index < -0.39 is 11.6 Å². The van der Waals surface area contributed by atoms with Gasteiger partial charge in [-0.3, -0.25) is 9.80 Å². The Bertz CT molecular complexity index is 497. The molecule has 1 N–H and O–H groups in total. The topological polar surface area (TPSA) is 26.7 Å². The fraction of sp³-hybridized carbons (Fsp3) is 0.600. The molecule has 3 nitrogen and oxygen atoms in total. The number of benzene rings is 1. The van der Waals surface area contributed by atoms with Crippen molar-refractivity contribution in [3.63, 3.8) is 0 Å². The first kappa shape index (κ1) is 13.9. The highest BCUT2D eigenvalue weighted by atomic mass is 19.1. The van der Waals surface area contributed by atoms with Crippen LogP contribution in [0.5, 0.6) is 0 Å². The van der Waals surface area contributed by atoms with E-state index in [1.54, 1.807) is 0 Å². The van der Waals surface area contributed by atoms with Crippen molar-refractivity contribution < 1.29 is 13.9 Å². The number of hydrogen-bond donors (Lipinski definition) is 1. The van der Waals surface area contributed by atoms with Gasteiger partial charge in [0, 0.05) is 49.9 Å². The second-order valence-electron chi connectivity index (χ2n) is 6.01. The maximum absolute atomic E-state index is 13.7. The lowest BCUT2D eigenvalue weighted by Gasteiger charge is -2.42. The summed E-state index contributed by atoms with van der Waals surface area (Å²) in [5.41, 5.74) is 0.533. The van der Waals surface area contributed by atoms with E-state index >= 15 is 0 Å². The van der Waals surface area contributed by atoms with E-state index in [4.69, 9.17) is 0 Å². The number of aliphatic hydroxyl groups excluding tert-OH is 1. The summed E-state index contributed by atoms with van der Waals surface area (Å²) in [6, 6.07) is 4.42. The predicted octanol–water partition coefficient (Wildman–Crippen LogP) is 1.60. The Morgan fingerprint density at radius 1 is 1.25 bits per heavy atom. The molecule has 3 atom stereocenters. The van der Waals surface area contributed by atoms with Crippen LogP contribution in [0, 0.1) is 11.6 Å². The Balaban J connectivity index is 1.71. The summed E-state index contributed by atoms with van der Waals surface area (Å²) < 4.78 is 26.7. The molecule has 3 rings (SSSR count). The zero-order chi connectivity index (χ0) is 14.3. The first-order chi connectivity index (χ1) is 9.52. The van der Waals surface area contributed by atoms with E-state index in [0.717, 1.165) is 32.1 Å². The van der Waals surface area contributed by atoms with Crippen molar-refractivity contribution in [3.05, 3.63) is 35.4 Å². The molecule has 0 bridgehead atoms. The molecular formula is C15H20F2N2O. The summed E-state index contributed by atoms with van der Waals surface area (Å²) in [5.74, 6) is -1.02. The van der Waals surface area contributed by atoms with Crippen LogP contribution in [-0.2, 0) is 6.54 Å². The first-order valence-electron chi connectivity index (χ1n) is 7.13. The number of fused-ring (bicyclic) bond motifs is 1. The molecule has 0 radical (unpaired) electrons. The van der Waals surface area contributed by atoms with Gasteiger partial charge in [0.05, 0.1) is 6.10 Å². The molecule has 1 aromatic rings. The average molecular weight is 282 g/mol. The van der Waals surface area contributed by atoms with Gasteiger partial charge in [0.1, 0.15) is 11.6 Å². The van der Waals surface area contributed by atoms with Crippen molar-refractivity contribution in [3.8, 4) is 0 Å². The summed E-state index contributed by atoms with van der Waals surface area (Å²) in [7, 11) is 0. The van der Waals surface area contributed by atoms with E-state index in [9.17, 15) is 13.9 Å². The molecule has 2 saturated heterocycles. The predicted molar refractivity (Wildman–Crippen MR) is 72.2 cm³/mol. The normalized spacial score (nSPS) is 31.5. The zero-order valence-corrected chi connectivity index (χ0v) is 11.6. The Morgan fingerprint density at radius 2 is 2.05 bits per heavy atom. The molecule has 0 unspecified atom stereocenters. The highest BCUT2D eigenvalue weighted by molar-refractivity contribution is 5.18. The number of aliphatic hydroxyl groups is 1. The molecule has 0 saturated carbocycles. The van der Waals surface area contributed by atoms with E-state index in [0.29, 0.717) is 24.2 Å². The van der Waals surface area contributed by atoms with E-state index in [1.807, 2.05) is 0 Å². The minimum atomic E-state index is -0.539. The molecule has 20 heavy (non-hydrogen) atoms. The third-order valence-electron chi connectivity index (χ3n) is 4.46. The van der Waals surface area contributed by atoms with Crippen LogP contribution in [0.3, 0.4) is 0 Å². The Kier molecular flexibility index (Phi) is 3.75. The van der Waals surface area contributed by atoms with Crippen LogP contribution < -0.4 is 0 Å². The number of piperazine rings is 1. The van der Waals surface area contributed by atoms with Gasteiger partial charge in [0.2, 0.25) is 0 Å². The van der Waals surface area contributed by atoms with E-state index in [-0.39, 0.29) is 6.10 Å². The quantitative estimate of drug-likeness (QED) is 0.892. The lowest BCUT2D eigenvalue weighted by molar-refractivity contribution is 0.0521. The van der Waals surface area contributed by atoms with Gasteiger partial charge in [-0.05, 0) is 19.4 Å². The minimum Gasteiger partial charge on any atom is -0.392 e. The van der Waals surface area contributed by atoms with Crippen LogP contribution in [0.15, 0.2) is 18.2 Å². The smallest absolute Gasteiger partial charge is 0.130 e. The van der Waals surface area contributed by atoms with Gasteiger partial charge >= 0.3 is 0 Å². The molecule has 2 aliphatic heterocycles. The summed E-state index contributed by atoms with van der Waals surface area (Å²) >= 11 is 0. The minimum absolute atomic E-state index is 0.241. The lowest BCUT2D eigenvalue weighted by atomic mass is 10.1. The standard InChI is InChI=1S/C15H20F2N2O/c1-10-6-19-9-14(20)5-13(19)8-18(10)7-11-2-3-12(16)4-15(11)17/h2-4,10,13-14,20H,5-9H2,1H3/t10-,13+,14-/m1/s1. The monoisotopic (exact) mass is 282 g/mol. The van der Waals surface area contributed by atoms with Crippen LogP contribution in [-0.4, -0.2) is 52.7 Å². The van der Waals surface area contributed by atoms with Gasteiger partial charge < -0.3 is 5.11 Å². The molecule has 0 amide bonds. The van der Waals surface area contributed by atoms with Gasteiger partial charge in [0.25, 0.3) is 0 Å². The van der Waals surface area contributed by atoms with Gasteiger partial charge in [-0.2, -0.15) is 0 Å². The molecule has 5 heteroatoms. The van der Waals surface area contributed by atoms with Crippen molar-refractivity contribution in [2.24, 2.45) is 0 Å². The molecule has 0 aliphatic carbocycles. The van der Waals surface area contributed by atoms with Gasteiger partial charge in [0.15, 0.2) is 0 Å². The lowest BCUT2D eigenvalue weighted by Crippen LogP contribution is -2.54. The van der Waals surface area contributed by atoms with Crippen LogP contribution in [0.4, 0.5) is 8.78 Å². The second-order valence-corrected chi connectivity index (χ2v) is 6.01. The summed E-state index contributed by atoms with van der Waals surface area (Å²) in [6.07, 6.45) is 0.546. The number of hydrogen-bond acceptors (Lipinski definition) is 3. The fourth-order valence-corrected chi connectivity index (χ4v) is 3.37. The Labute approximate surface area is 117 Å². The molecule has 2 heterocycles. The number of halogens is 2. The van der Waals surface area contributed by atoms with Crippen LogP contribution in [0.2, 0.25) is 0 Å². The summed E-state index contributed by atoms with van der Waals surface area (Å²) in [6.45, 7) is 5.07. The Hall–Kier alpha value is -1.04. The molecule has 2 fully saturated rings. The first-order valence-corrected chi connectivity index (χ1v) is 7.13. The van der Waals surface area contributed by atoms with Crippen molar-refractivity contribution in [2.45, 2.75) is 38.1 Å². The number of rotatable bonds is 2. The van der Waals surface area contributed by atoms with Crippen molar-refractivity contribution >= 4 is 0 Å². The fourth-order valence-electron chi connectivity index (χ4n) is 3.37. The van der Waals surface area contributed by atoms with Crippen LogP contribution >= 0.6 is 0 Å². The zero-order valence-electron chi connectivity index (χ0n) is 11.6. The number of nitrogens with zero attached hydrogens (tertiary/aromatic N) is 2. The van der Waals surface area contributed by atoms with Gasteiger partial charge in [-0.1, -0.05) is 6.07 Å². The van der Waals surface area contributed by atoms with Gasteiger partial charge in [-0.25, -0.2) is 8.78 Å². The SMILES string of the molecule is C[C@@H]1CN2C[C@H](O)C[C@H]2CN1Cc1ccc(F)cc1F. The second kappa shape index (κ2) is 5.39. The third-order valence-corrected chi connectivity index (χ3v) is 4.46. The molecule has 0 spiro atoms. The van der Waals surface area contributed by atoms with Crippen LogP contribution in [0.1, 0.15) is 18.9 Å². The van der Waals surface area contributed by atoms with Crippen LogP contribution in [0.25, 0.3) is 0 Å². The molecule has 110 valence electrons. The van der Waals surface area contributed by atoms with Crippen molar-refractivity contribution in [2.75, 3.05) is 19.6 Å². The molecular weight excluding hydrogens is 262 g/mol. The van der Waals surface area contributed by atoms with E-state index in [2.05, 4.69) is 16.7 Å². The van der Waals surface area contributed by atoms with Gasteiger partial charge in [-0.15, -0.1) is 0 Å². The highest BCUT2D eigenvalue weighted by Crippen LogP contribution is 2.26. The maximum atomic E-state index is 13.7. The van der Waals surface area contributed by atoms with E-state index in [1.165, 1.54) is 12.1 Å². The largest absolute Gasteiger partial charge is 0.392 e. The third kappa shape index (κ3) is 2.71. The summed E-state index contributed by atoms with van der Waals surface area (Å²) in [5, 5.41) is 9.74. The molecule has 0 aromatic heterocycles. The Morgan fingerprint density at radius 3 is 2.80 bits per heavy atom. The molecule has 1 aromatic carbocycles. The van der Waals surface area contributed by atoms with Crippen molar-refractivity contribution in [1.29, 1.82) is 0 Å². The molecule has 2 aliphatic rings. The average Bonchev–Trinajstić information content (AvgIpc) is 2.72. The highest BCUT2D eigenvalue weighted by Gasteiger charge is 2.38.